The Morgan fingerprint density at radius 2 is 1.96 bits per heavy atom. The fourth-order valence-electron chi connectivity index (χ4n) is 7.20. The largest absolute Gasteiger partial charge is 0.381 e. The summed E-state index contributed by atoms with van der Waals surface area (Å²) in [5, 5.41) is 11.6. The van der Waals surface area contributed by atoms with Crippen molar-refractivity contribution in [2.24, 2.45) is 34.5 Å². The highest BCUT2D eigenvalue weighted by Gasteiger charge is 2.66. The predicted molar refractivity (Wildman–Crippen MR) is 105 cm³/mol. The molecular weight excluding hydrogens is 392 g/mol. The van der Waals surface area contributed by atoms with E-state index in [-0.39, 0.29) is 27.7 Å². The first-order chi connectivity index (χ1) is 12.2. The highest BCUT2D eigenvalue weighted by Crippen LogP contribution is 2.67. The number of hydrogen-bond donors (Lipinski definition) is 1. The van der Waals surface area contributed by atoms with Crippen molar-refractivity contribution in [1.82, 2.24) is 0 Å². The Morgan fingerprint density at radius 1 is 1.27 bits per heavy atom. The van der Waals surface area contributed by atoms with E-state index in [9.17, 15) is 14.7 Å². The smallest absolute Gasteiger partial charge is 0.178 e. The van der Waals surface area contributed by atoms with Crippen LogP contribution >= 0.6 is 15.9 Å². The Kier molecular flexibility index (Phi) is 4.21. The second kappa shape index (κ2) is 5.88. The van der Waals surface area contributed by atoms with Gasteiger partial charge in [0.1, 0.15) is 5.60 Å². The van der Waals surface area contributed by atoms with Gasteiger partial charge < -0.3 is 5.11 Å². The summed E-state index contributed by atoms with van der Waals surface area (Å²) >= 11 is 3.28. The maximum absolute atomic E-state index is 12.6. The van der Waals surface area contributed by atoms with Crippen LogP contribution in [0.2, 0.25) is 0 Å². The van der Waals surface area contributed by atoms with Crippen LogP contribution in [0.3, 0.4) is 0 Å². The highest BCUT2D eigenvalue weighted by molar-refractivity contribution is 9.09. The highest BCUT2D eigenvalue weighted by atomic mass is 79.9. The Balaban J connectivity index is 1.73. The van der Waals surface area contributed by atoms with E-state index >= 15 is 0 Å². The molecule has 0 heterocycles. The van der Waals surface area contributed by atoms with Crippen LogP contribution in [-0.2, 0) is 9.59 Å². The zero-order chi connectivity index (χ0) is 18.9. The lowest BCUT2D eigenvalue weighted by atomic mass is 9.45. The molecule has 7 atom stereocenters. The number of rotatable bonds is 2. The van der Waals surface area contributed by atoms with Crippen LogP contribution in [0.4, 0.5) is 0 Å². The zero-order valence-electron chi connectivity index (χ0n) is 15.9. The molecule has 26 heavy (non-hydrogen) atoms. The van der Waals surface area contributed by atoms with Gasteiger partial charge in [-0.05, 0) is 67.9 Å². The summed E-state index contributed by atoms with van der Waals surface area (Å²) in [4.78, 5) is 24.5. The van der Waals surface area contributed by atoms with E-state index in [1.165, 1.54) is 5.57 Å². The normalized spacial score (nSPS) is 49.9. The number of aliphatic hydroxyl groups is 1. The van der Waals surface area contributed by atoms with E-state index in [1.807, 2.05) is 6.08 Å². The van der Waals surface area contributed by atoms with Crippen LogP contribution in [0.1, 0.15) is 52.9 Å². The molecule has 3 nitrogen and oxygen atoms in total. The maximum Gasteiger partial charge on any atom is 0.178 e. The minimum absolute atomic E-state index is 0.0558. The van der Waals surface area contributed by atoms with E-state index in [0.29, 0.717) is 30.1 Å². The Hall–Kier alpha value is -0.740. The lowest BCUT2D eigenvalue weighted by Crippen LogP contribution is -2.58. The molecule has 3 fully saturated rings. The van der Waals surface area contributed by atoms with Crippen molar-refractivity contribution >= 4 is 27.5 Å². The lowest BCUT2D eigenvalue weighted by molar-refractivity contribution is -0.158. The van der Waals surface area contributed by atoms with Gasteiger partial charge in [0.2, 0.25) is 0 Å². The monoisotopic (exact) mass is 420 g/mol. The number of Topliss-reactive ketones (excluding diaryl/α,β-unsaturated/α-hetero) is 1. The van der Waals surface area contributed by atoms with E-state index in [0.717, 1.165) is 25.7 Å². The van der Waals surface area contributed by atoms with Crippen LogP contribution in [-0.4, -0.2) is 27.6 Å². The van der Waals surface area contributed by atoms with Gasteiger partial charge in [0.25, 0.3) is 0 Å². The van der Waals surface area contributed by atoms with Crippen molar-refractivity contribution in [3.05, 3.63) is 23.8 Å². The van der Waals surface area contributed by atoms with E-state index in [4.69, 9.17) is 0 Å². The molecule has 0 aromatic rings. The second-order valence-electron chi connectivity index (χ2n) is 9.54. The molecule has 0 aromatic heterocycles. The standard InChI is InChI=1S/C22H29BrO3/c1-13-10-15-16(20(2)7-4-14(24)11-18(13)20)5-8-21(3)17(15)6-9-22(21,26)19(25)12-23/h4,7,11,13,15-17,26H,5-6,8-10,12H2,1-3H3/t13?,15-,16+,17+,20-,21+,22+/m1/s1. The molecule has 4 rings (SSSR count). The van der Waals surface area contributed by atoms with E-state index in [1.54, 1.807) is 6.08 Å². The fourth-order valence-corrected chi connectivity index (χ4v) is 7.66. The van der Waals surface area contributed by atoms with Gasteiger partial charge in [0, 0.05) is 10.8 Å². The molecule has 4 heteroatoms. The van der Waals surface area contributed by atoms with Gasteiger partial charge in [-0.15, -0.1) is 0 Å². The number of alkyl halides is 1. The molecule has 0 saturated heterocycles. The van der Waals surface area contributed by atoms with Gasteiger partial charge in [-0.3, -0.25) is 9.59 Å². The summed E-state index contributed by atoms with van der Waals surface area (Å²) in [5.41, 5.74) is -0.285. The Morgan fingerprint density at radius 3 is 2.65 bits per heavy atom. The van der Waals surface area contributed by atoms with Crippen LogP contribution in [0, 0.1) is 34.5 Å². The summed E-state index contributed by atoms with van der Waals surface area (Å²) in [6, 6.07) is 0. The molecule has 0 radical (unpaired) electrons. The molecular formula is C22H29BrO3. The molecule has 0 aromatic carbocycles. The van der Waals surface area contributed by atoms with Gasteiger partial charge in [0.15, 0.2) is 11.6 Å². The minimum atomic E-state index is -1.19. The van der Waals surface area contributed by atoms with E-state index in [2.05, 4.69) is 42.8 Å². The minimum Gasteiger partial charge on any atom is -0.381 e. The van der Waals surface area contributed by atoms with Crippen LogP contribution in [0.5, 0.6) is 0 Å². The van der Waals surface area contributed by atoms with Crippen LogP contribution in [0.25, 0.3) is 0 Å². The summed E-state index contributed by atoms with van der Waals surface area (Å²) < 4.78 is 0. The quantitative estimate of drug-likeness (QED) is 0.679. The molecule has 142 valence electrons. The number of carbonyl (C=O) groups is 2. The van der Waals surface area contributed by atoms with Gasteiger partial charge in [-0.1, -0.05) is 48.4 Å². The van der Waals surface area contributed by atoms with Crippen molar-refractivity contribution in [1.29, 1.82) is 0 Å². The SMILES string of the molecule is CC1C[C@@H]2[C@H](CC[C@@]3(C)[C@H]2CC[C@]3(O)C(=O)CBr)[C@@]2(C)C=CC(=O)C=C12. The van der Waals surface area contributed by atoms with Crippen LogP contribution in [0.15, 0.2) is 23.8 Å². The molecule has 1 unspecified atom stereocenters. The molecule has 3 saturated carbocycles. The first-order valence-electron chi connectivity index (χ1n) is 9.94. The fraction of sp³-hybridized carbons (Fsp3) is 0.727. The number of allylic oxidation sites excluding steroid dienone is 4. The maximum atomic E-state index is 12.6. The molecule has 0 bridgehead atoms. The van der Waals surface area contributed by atoms with Gasteiger partial charge >= 0.3 is 0 Å². The first-order valence-corrected chi connectivity index (χ1v) is 11.1. The molecule has 4 aliphatic carbocycles. The average molecular weight is 421 g/mol. The number of carbonyl (C=O) groups excluding carboxylic acids is 2. The molecule has 1 N–H and O–H groups in total. The van der Waals surface area contributed by atoms with Crippen molar-refractivity contribution in [2.75, 3.05) is 5.33 Å². The van der Waals surface area contributed by atoms with E-state index < -0.39 is 5.60 Å². The van der Waals surface area contributed by atoms with Gasteiger partial charge in [-0.2, -0.15) is 0 Å². The topological polar surface area (TPSA) is 54.4 Å². The van der Waals surface area contributed by atoms with Crippen molar-refractivity contribution in [3.8, 4) is 0 Å². The Labute approximate surface area is 164 Å². The van der Waals surface area contributed by atoms with Gasteiger partial charge in [0.05, 0.1) is 5.33 Å². The molecule has 0 spiro atoms. The van der Waals surface area contributed by atoms with Gasteiger partial charge in [-0.25, -0.2) is 0 Å². The summed E-state index contributed by atoms with van der Waals surface area (Å²) in [7, 11) is 0. The first kappa shape index (κ1) is 18.6. The lowest BCUT2D eigenvalue weighted by Gasteiger charge is -2.59. The third-order valence-corrected chi connectivity index (χ3v) is 9.12. The number of hydrogen-bond acceptors (Lipinski definition) is 3. The molecule has 0 amide bonds. The zero-order valence-corrected chi connectivity index (χ0v) is 17.5. The van der Waals surface area contributed by atoms with Crippen LogP contribution < -0.4 is 0 Å². The second-order valence-corrected chi connectivity index (χ2v) is 10.1. The number of halogens is 1. The van der Waals surface area contributed by atoms with Crippen molar-refractivity contribution in [2.45, 2.75) is 58.5 Å². The number of ketones is 2. The van der Waals surface area contributed by atoms with Crippen molar-refractivity contribution < 1.29 is 14.7 Å². The summed E-state index contributed by atoms with van der Waals surface area (Å²) in [6.07, 6.45) is 10.2. The summed E-state index contributed by atoms with van der Waals surface area (Å²) in [5.74, 6) is 1.80. The number of fused-ring (bicyclic) bond motifs is 5. The molecule has 4 aliphatic rings. The average Bonchev–Trinajstić information content (AvgIpc) is 2.88. The predicted octanol–water partition coefficient (Wildman–Crippen LogP) is 4.24. The third-order valence-electron chi connectivity index (χ3n) is 8.61. The summed E-state index contributed by atoms with van der Waals surface area (Å²) in [6.45, 7) is 6.69. The third kappa shape index (κ3) is 2.21. The molecule has 0 aliphatic heterocycles. The van der Waals surface area contributed by atoms with Crippen molar-refractivity contribution in [3.63, 3.8) is 0 Å². The Bertz CT molecular complexity index is 725.